The van der Waals surface area contributed by atoms with Crippen molar-refractivity contribution in [3.63, 3.8) is 0 Å². The van der Waals surface area contributed by atoms with Crippen LogP contribution in [0.4, 0.5) is 4.79 Å². The van der Waals surface area contributed by atoms with Gasteiger partial charge in [-0.05, 0) is 81.9 Å². The highest BCUT2D eigenvalue weighted by molar-refractivity contribution is 7.89. The van der Waals surface area contributed by atoms with Crippen LogP contribution in [0.1, 0.15) is 71.8 Å². The minimum Gasteiger partial charge on any atom is -0.444 e. The summed E-state index contributed by atoms with van der Waals surface area (Å²) >= 11 is 0. The first-order chi connectivity index (χ1) is 13.5. The monoisotopic (exact) mass is 424 g/mol. The molecule has 1 saturated carbocycles. The number of amides is 1. The summed E-state index contributed by atoms with van der Waals surface area (Å²) in [5.41, 5.74) is 0.635. The van der Waals surface area contributed by atoms with E-state index in [1.54, 1.807) is 12.1 Å². The maximum atomic E-state index is 12.5. The van der Waals surface area contributed by atoms with E-state index in [2.05, 4.69) is 23.9 Å². The average Bonchev–Trinajstić information content (AvgIpc) is 2.64. The molecule has 1 aromatic rings. The number of sulfonamides is 1. The summed E-state index contributed by atoms with van der Waals surface area (Å²) in [4.78, 5) is 12.1. The summed E-state index contributed by atoms with van der Waals surface area (Å²) in [7, 11) is -3.48. The third-order valence-electron chi connectivity index (χ3n) is 5.32. The van der Waals surface area contributed by atoms with Crippen LogP contribution in [0.3, 0.4) is 0 Å². The Morgan fingerprint density at radius 1 is 1.03 bits per heavy atom. The van der Waals surface area contributed by atoms with E-state index in [0.717, 1.165) is 31.2 Å². The molecule has 1 aliphatic carbocycles. The Balaban J connectivity index is 1.74. The second-order valence-corrected chi connectivity index (χ2v) is 11.1. The van der Waals surface area contributed by atoms with Crippen LogP contribution < -0.4 is 10.0 Å². The highest BCUT2D eigenvalue weighted by atomic mass is 32.2. The fourth-order valence-corrected chi connectivity index (χ4v) is 4.64. The summed E-state index contributed by atoms with van der Waals surface area (Å²) in [6.07, 6.45) is 3.48. The predicted octanol–water partition coefficient (Wildman–Crippen LogP) is 4.42. The third-order valence-corrected chi connectivity index (χ3v) is 6.76. The zero-order chi connectivity index (χ0) is 21.7. The smallest absolute Gasteiger partial charge is 0.407 e. The number of rotatable bonds is 7. The summed E-state index contributed by atoms with van der Waals surface area (Å²) < 4.78 is 33.1. The first kappa shape index (κ1) is 23.7. The highest BCUT2D eigenvalue weighted by Gasteiger charge is 2.24. The van der Waals surface area contributed by atoms with E-state index in [4.69, 9.17) is 4.74 Å². The second kappa shape index (κ2) is 9.94. The Kier molecular flexibility index (Phi) is 8.11. The van der Waals surface area contributed by atoms with Gasteiger partial charge >= 0.3 is 6.09 Å². The van der Waals surface area contributed by atoms with E-state index in [9.17, 15) is 13.2 Å². The summed E-state index contributed by atoms with van der Waals surface area (Å²) in [6, 6.07) is 7.11. The average molecular weight is 425 g/mol. The van der Waals surface area contributed by atoms with E-state index in [0.29, 0.717) is 35.7 Å². The van der Waals surface area contributed by atoms with Crippen molar-refractivity contribution in [2.45, 2.75) is 76.7 Å². The molecule has 0 spiro atoms. The third kappa shape index (κ3) is 7.97. The SMILES string of the molecule is CC(C)c1ccc(S(=O)(=O)NC[C@H]2CC[C@H](CNC(=O)OC(C)(C)C)CC2)cc1. The molecule has 29 heavy (non-hydrogen) atoms. The van der Waals surface area contributed by atoms with Gasteiger partial charge < -0.3 is 10.1 Å². The van der Waals surface area contributed by atoms with Crippen molar-refractivity contribution in [1.29, 1.82) is 0 Å². The van der Waals surface area contributed by atoms with Gasteiger partial charge in [-0.25, -0.2) is 17.9 Å². The summed E-state index contributed by atoms with van der Waals surface area (Å²) in [6.45, 7) is 10.8. The Bertz CT molecular complexity index is 759. The van der Waals surface area contributed by atoms with Gasteiger partial charge in [0.25, 0.3) is 0 Å². The van der Waals surface area contributed by atoms with Crippen molar-refractivity contribution in [3.8, 4) is 0 Å². The molecule has 0 radical (unpaired) electrons. The number of alkyl carbamates (subject to hydrolysis) is 1. The Morgan fingerprint density at radius 3 is 2.03 bits per heavy atom. The molecule has 164 valence electrons. The van der Waals surface area contributed by atoms with E-state index < -0.39 is 15.6 Å². The van der Waals surface area contributed by atoms with Crippen LogP contribution in [0.25, 0.3) is 0 Å². The zero-order valence-corrected chi connectivity index (χ0v) is 19.1. The van der Waals surface area contributed by atoms with Gasteiger partial charge in [0.05, 0.1) is 4.90 Å². The van der Waals surface area contributed by atoms with Crippen LogP contribution in [0.2, 0.25) is 0 Å². The first-order valence-corrected chi connectivity index (χ1v) is 12.0. The molecule has 0 unspecified atom stereocenters. The van der Waals surface area contributed by atoms with Crippen molar-refractivity contribution < 1.29 is 17.9 Å². The van der Waals surface area contributed by atoms with Gasteiger partial charge in [0, 0.05) is 13.1 Å². The molecule has 0 heterocycles. The van der Waals surface area contributed by atoms with Crippen molar-refractivity contribution in [2.75, 3.05) is 13.1 Å². The molecule has 0 aliphatic heterocycles. The molecule has 7 heteroatoms. The van der Waals surface area contributed by atoms with Gasteiger partial charge in [-0.1, -0.05) is 26.0 Å². The molecule has 2 rings (SSSR count). The number of hydrogen-bond donors (Lipinski definition) is 2. The van der Waals surface area contributed by atoms with Gasteiger partial charge in [0.1, 0.15) is 5.60 Å². The molecule has 0 bridgehead atoms. The maximum absolute atomic E-state index is 12.5. The van der Waals surface area contributed by atoms with Gasteiger partial charge in [-0.3, -0.25) is 0 Å². The van der Waals surface area contributed by atoms with Crippen LogP contribution in [0.5, 0.6) is 0 Å². The molecule has 6 nitrogen and oxygen atoms in total. The van der Waals surface area contributed by atoms with E-state index in [-0.39, 0.29) is 6.09 Å². The fourth-order valence-electron chi connectivity index (χ4n) is 3.52. The van der Waals surface area contributed by atoms with Crippen LogP contribution in [0, 0.1) is 11.8 Å². The quantitative estimate of drug-likeness (QED) is 0.679. The van der Waals surface area contributed by atoms with Gasteiger partial charge in [-0.15, -0.1) is 0 Å². The van der Waals surface area contributed by atoms with Crippen molar-refractivity contribution in [2.24, 2.45) is 11.8 Å². The normalized spacial score (nSPS) is 20.5. The topological polar surface area (TPSA) is 84.5 Å². The predicted molar refractivity (Wildman–Crippen MR) is 115 cm³/mol. The lowest BCUT2D eigenvalue weighted by atomic mass is 9.82. The molecule has 1 amide bonds. The van der Waals surface area contributed by atoms with Crippen molar-refractivity contribution in [3.05, 3.63) is 29.8 Å². The van der Waals surface area contributed by atoms with Crippen LogP contribution >= 0.6 is 0 Å². The molecule has 1 fully saturated rings. The van der Waals surface area contributed by atoms with Crippen LogP contribution in [-0.2, 0) is 14.8 Å². The van der Waals surface area contributed by atoms with E-state index in [1.807, 2.05) is 32.9 Å². The molecule has 1 aliphatic rings. The second-order valence-electron chi connectivity index (χ2n) is 9.35. The van der Waals surface area contributed by atoms with E-state index >= 15 is 0 Å². The van der Waals surface area contributed by atoms with Crippen LogP contribution in [0.15, 0.2) is 29.2 Å². The summed E-state index contributed by atoms with van der Waals surface area (Å²) in [5, 5.41) is 2.84. The fraction of sp³-hybridized carbons (Fsp3) is 0.682. The molecule has 1 aromatic carbocycles. The van der Waals surface area contributed by atoms with Gasteiger partial charge in [0.2, 0.25) is 10.0 Å². The van der Waals surface area contributed by atoms with E-state index in [1.165, 1.54) is 0 Å². The summed E-state index contributed by atoms with van der Waals surface area (Å²) in [5.74, 6) is 1.12. The molecule has 0 saturated heterocycles. The lowest BCUT2D eigenvalue weighted by Gasteiger charge is -2.29. The largest absolute Gasteiger partial charge is 0.444 e. The number of carbonyl (C=O) groups is 1. The standard InChI is InChI=1S/C22H36N2O4S/c1-16(2)19-10-12-20(13-11-19)29(26,27)24-15-18-8-6-17(7-9-18)14-23-21(25)28-22(3,4)5/h10-13,16-18,24H,6-9,14-15H2,1-5H3,(H,23,25)/t17-,18-. The Hall–Kier alpha value is -1.60. The zero-order valence-electron chi connectivity index (χ0n) is 18.3. The Morgan fingerprint density at radius 2 is 1.55 bits per heavy atom. The van der Waals surface area contributed by atoms with Crippen LogP contribution in [-0.4, -0.2) is 33.2 Å². The lowest BCUT2D eigenvalue weighted by molar-refractivity contribution is 0.0513. The minimum absolute atomic E-state index is 0.317. The Labute approximate surface area is 175 Å². The molecular weight excluding hydrogens is 388 g/mol. The number of nitrogens with one attached hydrogen (secondary N) is 2. The number of ether oxygens (including phenoxy) is 1. The molecular formula is C22H36N2O4S. The molecule has 0 aromatic heterocycles. The highest BCUT2D eigenvalue weighted by Crippen LogP contribution is 2.28. The van der Waals surface area contributed by atoms with Crippen molar-refractivity contribution >= 4 is 16.1 Å². The lowest BCUT2D eigenvalue weighted by Crippen LogP contribution is -2.37. The molecule has 2 N–H and O–H groups in total. The van der Waals surface area contributed by atoms with Crippen molar-refractivity contribution in [1.82, 2.24) is 10.0 Å². The first-order valence-electron chi connectivity index (χ1n) is 10.5. The number of carbonyl (C=O) groups excluding carboxylic acids is 1. The number of hydrogen-bond acceptors (Lipinski definition) is 4. The maximum Gasteiger partial charge on any atom is 0.407 e. The van der Waals surface area contributed by atoms with Gasteiger partial charge in [0.15, 0.2) is 0 Å². The minimum atomic E-state index is -3.48. The molecule has 0 atom stereocenters. The van der Waals surface area contributed by atoms with Gasteiger partial charge in [-0.2, -0.15) is 0 Å². The number of benzene rings is 1.